The van der Waals surface area contributed by atoms with Crippen molar-refractivity contribution in [3.05, 3.63) is 65.7 Å². The Morgan fingerprint density at radius 3 is 2.17 bits per heavy atom. The molecule has 3 unspecified atom stereocenters. The number of hydrogen-bond donors (Lipinski definition) is 4. The molecule has 0 heterocycles. The zero-order valence-corrected chi connectivity index (χ0v) is 19.9. The van der Waals surface area contributed by atoms with Crippen LogP contribution in [0.3, 0.4) is 0 Å². The lowest BCUT2D eigenvalue weighted by molar-refractivity contribution is -0.137. The van der Waals surface area contributed by atoms with E-state index in [1.165, 1.54) is 6.92 Å². The van der Waals surface area contributed by atoms with Crippen LogP contribution in [0.15, 0.2) is 54.6 Å². The van der Waals surface area contributed by atoms with Crippen molar-refractivity contribution in [3.63, 3.8) is 0 Å². The van der Waals surface area contributed by atoms with Gasteiger partial charge in [0.05, 0.1) is 17.7 Å². The molecular weight excluding hydrogens is 463 g/mol. The highest BCUT2D eigenvalue weighted by Crippen LogP contribution is 2.29. The van der Waals surface area contributed by atoms with Crippen LogP contribution in [0.1, 0.15) is 31.9 Å². The molecule has 2 aromatic rings. The monoisotopic (exact) mass is 495 g/mol. The van der Waals surface area contributed by atoms with Crippen LogP contribution in [0.5, 0.6) is 0 Å². The van der Waals surface area contributed by atoms with Crippen LogP contribution >= 0.6 is 0 Å². The predicted octanol–water partition coefficient (Wildman–Crippen LogP) is 3.98. The van der Waals surface area contributed by atoms with E-state index in [1.54, 1.807) is 0 Å². The van der Waals surface area contributed by atoms with E-state index in [9.17, 15) is 27.9 Å². The molecule has 0 spiro atoms. The molecule has 0 aliphatic heterocycles. The zero-order chi connectivity index (χ0) is 26.0. The van der Waals surface area contributed by atoms with Crippen molar-refractivity contribution >= 4 is 17.7 Å². The van der Waals surface area contributed by atoms with Gasteiger partial charge in [0, 0.05) is 12.2 Å². The standard InChI is InChI=1S/C25H32F3N3O4/c1-16(2)14-29-15-22(32)21(13-18-7-5-4-6-8-18)31-23(33)17(3)35-24(34)30-20-11-9-19(10-12-20)25(26,27)28/h4-12,16-17,21-22,29,32H,13-15H2,1-3H3,(H,30,34)(H,31,33). The van der Waals surface area contributed by atoms with Gasteiger partial charge in [0.2, 0.25) is 0 Å². The summed E-state index contributed by atoms with van der Waals surface area (Å²) >= 11 is 0. The summed E-state index contributed by atoms with van der Waals surface area (Å²) in [6.45, 7) is 6.41. The third-order valence-electron chi connectivity index (χ3n) is 5.11. The maximum atomic E-state index is 12.7. The highest BCUT2D eigenvalue weighted by molar-refractivity contribution is 5.88. The van der Waals surface area contributed by atoms with Crippen molar-refractivity contribution in [2.24, 2.45) is 5.92 Å². The Kier molecular flexibility index (Phi) is 10.5. The summed E-state index contributed by atoms with van der Waals surface area (Å²) in [5, 5.41) is 18.9. The topological polar surface area (TPSA) is 99.7 Å². The van der Waals surface area contributed by atoms with Crippen molar-refractivity contribution < 1.29 is 32.6 Å². The van der Waals surface area contributed by atoms with Crippen LogP contribution in [0.25, 0.3) is 0 Å². The molecule has 192 valence electrons. The Balaban J connectivity index is 1.96. The van der Waals surface area contributed by atoms with Gasteiger partial charge in [0.1, 0.15) is 0 Å². The second-order valence-electron chi connectivity index (χ2n) is 8.67. The molecule has 0 fully saturated rings. The van der Waals surface area contributed by atoms with E-state index in [0.29, 0.717) is 18.9 Å². The first-order valence-electron chi connectivity index (χ1n) is 11.3. The SMILES string of the molecule is CC(C)CNCC(O)C(Cc1ccccc1)NC(=O)C(C)OC(=O)Nc1ccc(C(F)(F)F)cc1. The van der Waals surface area contributed by atoms with E-state index in [4.69, 9.17) is 4.74 Å². The second kappa shape index (κ2) is 13.1. The second-order valence-corrected chi connectivity index (χ2v) is 8.67. The Morgan fingerprint density at radius 1 is 0.971 bits per heavy atom. The number of rotatable bonds is 11. The van der Waals surface area contributed by atoms with E-state index >= 15 is 0 Å². The third kappa shape index (κ3) is 9.96. The highest BCUT2D eigenvalue weighted by atomic mass is 19.4. The summed E-state index contributed by atoms with van der Waals surface area (Å²) in [4.78, 5) is 24.8. The largest absolute Gasteiger partial charge is 0.436 e. The molecule has 2 rings (SSSR count). The van der Waals surface area contributed by atoms with Crippen LogP contribution in [-0.2, 0) is 22.1 Å². The summed E-state index contributed by atoms with van der Waals surface area (Å²) in [6.07, 6.45) is -7.23. The van der Waals surface area contributed by atoms with Gasteiger partial charge in [-0.15, -0.1) is 0 Å². The van der Waals surface area contributed by atoms with E-state index in [2.05, 4.69) is 16.0 Å². The van der Waals surface area contributed by atoms with E-state index in [-0.39, 0.29) is 12.2 Å². The number of ether oxygens (including phenoxy) is 1. The normalized spacial score (nSPS) is 14.2. The van der Waals surface area contributed by atoms with Gasteiger partial charge < -0.3 is 20.5 Å². The smallest absolute Gasteiger partial charge is 0.416 e. The number of carbonyl (C=O) groups excluding carboxylic acids is 2. The zero-order valence-electron chi connectivity index (χ0n) is 19.9. The highest BCUT2D eigenvalue weighted by Gasteiger charge is 2.30. The van der Waals surface area contributed by atoms with Gasteiger partial charge in [-0.05, 0) is 55.6 Å². The number of alkyl halides is 3. The summed E-state index contributed by atoms with van der Waals surface area (Å²) in [6, 6.07) is 12.5. The molecule has 4 N–H and O–H groups in total. The molecule has 0 saturated carbocycles. The first kappa shape index (κ1) is 28.1. The summed E-state index contributed by atoms with van der Waals surface area (Å²) in [7, 11) is 0. The lowest BCUT2D eigenvalue weighted by atomic mass is 10.0. The lowest BCUT2D eigenvalue weighted by Gasteiger charge is -2.26. The Morgan fingerprint density at radius 2 is 1.60 bits per heavy atom. The number of aliphatic hydroxyl groups excluding tert-OH is 1. The van der Waals surface area contributed by atoms with Crippen molar-refractivity contribution in [3.8, 4) is 0 Å². The van der Waals surface area contributed by atoms with E-state index < -0.39 is 42.0 Å². The number of anilines is 1. The Bertz CT molecular complexity index is 937. The van der Waals surface area contributed by atoms with Gasteiger partial charge in [-0.1, -0.05) is 44.2 Å². The van der Waals surface area contributed by atoms with Crippen molar-refractivity contribution in [2.45, 2.75) is 51.6 Å². The molecular formula is C25H32F3N3O4. The van der Waals surface area contributed by atoms with E-state index in [0.717, 1.165) is 29.8 Å². The first-order chi connectivity index (χ1) is 16.5. The molecule has 35 heavy (non-hydrogen) atoms. The minimum absolute atomic E-state index is 0.0872. The minimum atomic E-state index is -4.49. The maximum absolute atomic E-state index is 12.7. The molecule has 0 aromatic heterocycles. The molecule has 0 aliphatic carbocycles. The minimum Gasteiger partial charge on any atom is -0.436 e. The first-order valence-corrected chi connectivity index (χ1v) is 11.3. The molecule has 0 saturated heterocycles. The van der Waals surface area contributed by atoms with Gasteiger partial charge in [0.15, 0.2) is 6.10 Å². The number of halogens is 3. The van der Waals surface area contributed by atoms with Crippen LogP contribution < -0.4 is 16.0 Å². The molecule has 7 nitrogen and oxygen atoms in total. The number of aliphatic hydroxyl groups is 1. The van der Waals surface area contributed by atoms with Crippen LogP contribution in [0, 0.1) is 5.92 Å². The molecule has 0 bridgehead atoms. The average Bonchev–Trinajstić information content (AvgIpc) is 2.78. The summed E-state index contributed by atoms with van der Waals surface area (Å²) < 4.78 is 43.1. The fourth-order valence-electron chi connectivity index (χ4n) is 3.22. The number of amides is 2. The van der Waals surface area contributed by atoms with Gasteiger partial charge in [-0.25, -0.2) is 4.79 Å². The Labute approximate surface area is 203 Å². The molecule has 2 aromatic carbocycles. The fourth-order valence-corrected chi connectivity index (χ4v) is 3.22. The van der Waals surface area contributed by atoms with Crippen LogP contribution in [0.2, 0.25) is 0 Å². The third-order valence-corrected chi connectivity index (χ3v) is 5.11. The van der Waals surface area contributed by atoms with Crippen molar-refractivity contribution in [1.29, 1.82) is 0 Å². The lowest BCUT2D eigenvalue weighted by Crippen LogP contribution is -2.51. The van der Waals surface area contributed by atoms with E-state index in [1.807, 2.05) is 44.2 Å². The molecule has 0 aliphatic rings. The van der Waals surface area contributed by atoms with Crippen molar-refractivity contribution in [2.75, 3.05) is 18.4 Å². The molecule has 0 radical (unpaired) electrons. The molecule has 2 amide bonds. The molecule has 10 heteroatoms. The maximum Gasteiger partial charge on any atom is 0.416 e. The van der Waals surface area contributed by atoms with Gasteiger partial charge in [-0.2, -0.15) is 13.2 Å². The van der Waals surface area contributed by atoms with Gasteiger partial charge in [-0.3, -0.25) is 10.1 Å². The van der Waals surface area contributed by atoms with Crippen molar-refractivity contribution in [1.82, 2.24) is 10.6 Å². The number of nitrogens with one attached hydrogen (secondary N) is 3. The molecule has 3 atom stereocenters. The number of carbonyl (C=O) groups is 2. The fraction of sp³-hybridized carbons (Fsp3) is 0.440. The summed E-state index contributed by atoms with van der Waals surface area (Å²) in [5.74, 6) is -0.225. The van der Waals surface area contributed by atoms with Gasteiger partial charge >= 0.3 is 12.3 Å². The predicted molar refractivity (Wildman–Crippen MR) is 127 cm³/mol. The quantitative estimate of drug-likeness (QED) is 0.378. The number of hydrogen-bond acceptors (Lipinski definition) is 5. The summed E-state index contributed by atoms with van der Waals surface area (Å²) in [5.41, 5.74) is 0.147. The van der Waals surface area contributed by atoms with Gasteiger partial charge in [0.25, 0.3) is 5.91 Å². The number of benzene rings is 2. The van der Waals surface area contributed by atoms with Crippen LogP contribution in [0.4, 0.5) is 23.7 Å². The average molecular weight is 496 g/mol. The van der Waals surface area contributed by atoms with Crippen LogP contribution in [-0.4, -0.2) is 48.4 Å². The Hall–Kier alpha value is -3.11.